The van der Waals surface area contributed by atoms with E-state index < -0.39 is 0 Å². The van der Waals surface area contributed by atoms with Crippen LogP contribution in [0.25, 0.3) is 6.08 Å². The molecule has 0 aromatic heterocycles. The molecule has 0 atom stereocenters. The van der Waals surface area contributed by atoms with Gasteiger partial charge in [-0.05, 0) is 49.1 Å². The predicted molar refractivity (Wildman–Crippen MR) is 132 cm³/mol. The van der Waals surface area contributed by atoms with Gasteiger partial charge in [-0.15, -0.1) is 0 Å². The number of carbonyl (C=O) groups is 2. The number of benzene rings is 2. The average molecular weight is 470 g/mol. The summed E-state index contributed by atoms with van der Waals surface area (Å²) in [5.41, 5.74) is 3.23. The summed E-state index contributed by atoms with van der Waals surface area (Å²) in [4.78, 5) is 26.5. The fourth-order valence-electron chi connectivity index (χ4n) is 3.02. The number of thiocarbonyl (C=S) groups is 1. The molecule has 5 nitrogen and oxygen atoms in total. The lowest BCUT2D eigenvalue weighted by Crippen LogP contribution is -2.29. The van der Waals surface area contributed by atoms with Crippen LogP contribution in [0.15, 0.2) is 53.4 Å². The van der Waals surface area contributed by atoms with E-state index in [4.69, 9.17) is 21.7 Å². The number of hydrogen-bond acceptors (Lipinski definition) is 6. The highest BCUT2D eigenvalue weighted by atomic mass is 32.2. The van der Waals surface area contributed by atoms with E-state index in [1.165, 1.54) is 17.3 Å². The molecule has 1 aliphatic heterocycles. The molecular formula is C25H27NO4S2. The van der Waals surface area contributed by atoms with Crippen molar-refractivity contribution in [2.24, 2.45) is 0 Å². The van der Waals surface area contributed by atoms with Gasteiger partial charge in [0.1, 0.15) is 16.7 Å². The molecule has 3 rings (SSSR count). The molecule has 0 spiro atoms. The summed E-state index contributed by atoms with van der Waals surface area (Å²) in [6, 6.07) is 15.9. The third kappa shape index (κ3) is 6.93. The third-order valence-electron chi connectivity index (χ3n) is 4.81. The molecule has 2 aromatic rings. The number of thioether (sulfide) groups is 1. The summed E-state index contributed by atoms with van der Waals surface area (Å²) in [6.07, 6.45) is 3.43. The van der Waals surface area contributed by atoms with Gasteiger partial charge in [0, 0.05) is 13.0 Å². The Morgan fingerprint density at radius 2 is 1.84 bits per heavy atom. The quantitative estimate of drug-likeness (QED) is 0.260. The van der Waals surface area contributed by atoms with Crippen molar-refractivity contribution in [3.8, 4) is 5.75 Å². The standard InChI is InChI=1S/C25H27NO4S2/c1-3-15-29-23(27)5-4-14-26-24(28)22(32-25(26)31)16-19-10-12-21(13-11-19)30-17-20-8-6-18(2)7-9-20/h6-13,16H,3-5,14-15,17H2,1-2H3/b22-16-. The second kappa shape index (κ2) is 11.8. The molecule has 0 saturated carbocycles. The summed E-state index contributed by atoms with van der Waals surface area (Å²) >= 11 is 6.64. The number of carbonyl (C=O) groups excluding carboxylic acids is 2. The Kier molecular flexibility index (Phi) is 8.88. The molecule has 7 heteroatoms. The molecule has 0 radical (unpaired) electrons. The Hall–Kier alpha value is -2.64. The Balaban J connectivity index is 1.52. The molecule has 0 N–H and O–H groups in total. The fourth-order valence-corrected chi connectivity index (χ4v) is 4.33. The Labute approximate surface area is 198 Å². The number of ether oxygens (including phenoxy) is 2. The zero-order valence-electron chi connectivity index (χ0n) is 18.3. The molecule has 1 fully saturated rings. The first kappa shape index (κ1) is 24.0. The topological polar surface area (TPSA) is 55.8 Å². The highest BCUT2D eigenvalue weighted by molar-refractivity contribution is 8.26. The van der Waals surface area contributed by atoms with Crippen LogP contribution in [0.4, 0.5) is 0 Å². The van der Waals surface area contributed by atoms with Crippen LogP contribution in [0.5, 0.6) is 5.75 Å². The summed E-state index contributed by atoms with van der Waals surface area (Å²) in [5, 5.41) is 0. The smallest absolute Gasteiger partial charge is 0.305 e. The van der Waals surface area contributed by atoms with E-state index in [1.807, 2.05) is 37.3 Å². The van der Waals surface area contributed by atoms with Crippen molar-refractivity contribution in [3.05, 3.63) is 70.1 Å². The van der Waals surface area contributed by atoms with E-state index in [0.29, 0.717) is 35.4 Å². The monoisotopic (exact) mass is 469 g/mol. The highest BCUT2D eigenvalue weighted by Gasteiger charge is 2.31. The van der Waals surface area contributed by atoms with Crippen molar-refractivity contribution in [3.63, 3.8) is 0 Å². The number of nitrogens with zero attached hydrogens (tertiary/aromatic N) is 1. The maximum Gasteiger partial charge on any atom is 0.305 e. The van der Waals surface area contributed by atoms with Gasteiger partial charge in [0.2, 0.25) is 0 Å². The van der Waals surface area contributed by atoms with Gasteiger partial charge in [-0.3, -0.25) is 14.5 Å². The number of amides is 1. The molecular weight excluding hydrogens is 442 g/mol. The maximum atomic E-state index is 12.7. The van der Waals surface area contributed by atoms with Gasteiger partial charge in [-0.1, -0.05) is 72.9 Å². The Bertz CT molecular complexity index is 984. The molecule has 32 heavy (non-hydrogen) atoms. The van der Waals surface area contributed by atoms with Crippen LogP contribution in [-0.2, 0) is 20.9 Å². The minimum absolute atomic E-state index is 0.123. The van der Waals surface area contributed by atoms with E-state index in [2.05, 4.69) is 31.2 Å². The molecule has 1 saturated heterocycles. The van der Waals surface area contributed by atoms with Crippen molar-refractivity contribution in [2.75, 3.05) is 13.2 Å². The second-order valence-corrected chi connectivity index (χ2v) is 9.18. The van der Waals surface area contributed by atoms with Gasteiger partial charge >= 0.3 is 5.97 Å². The van der Waals surface area contributed by atoms with Crippen molar-refractivity contribution >= 4 is 46.3 Å². The minimum atomic E-state index is -0.238. The van der Waals surface area contributed by atoms with Crippen LogP contribution in [0.2, 0.25) is 0 Å². The molecule has 2 aromatic carbocycles. The van der Waals surface area contributed by atoms with Crippen molar-refractivity contribution < 1.29 is 19.1 Å². The summed E-state index contributed by atoms with van der Waals surface area (Å²) in [6.45, 7) is 5.35. The lowest BCUT2D eigenvalue weighted by Gasteiger charge is -2.13. The van der Waals surface area contributed by atoms with Crippen LogP contribution < -0.4 is 4.74 Å². The number of hydrogen-bond donors (Lipinski definition) is 0. The number of aryl methyl sites for hydroxylation is 1. The summed E-state index contributed by atoms with van der Waals surface area (Å²) in [7, 11) is 0. The Morgan fingerprint density at radius 3 is 2.53 bits per heavy atom. The van der Waals surface area contributed by atoms with Crippen molar-refractivity contribution in [2.45, 2.75) is 39.7 Å². The van der Waals surface area contributed by atoms with E-state index >= 15 is 0 Å². The minimum Gasteiger partial charge on any atom is -0.489 e. The first-order valence-corrected chi connectivity index (χ1v) is 11.9. The fraction of sp³-hybridized carbons (Fsp3) is 0.320. The zero-order valence-corrected chi connectivity index (χ0v) is 20.0. The van der Waals surface area contributed by atoms with Crippen LogP contribution >= 0.6 is 24.0 Å². The second-order valence-electron chi connectivity index (χ2n) is 7.50. The van der Waals surface area contributed by atoms with Crippen LogP contribution in [0, 0.1) is 6.92 Å². The molecule has 1 aliphatic rings. The summed E-state index contributed by atoms with van der Waals surface area (Å²) < 4.78 is 11.4. The lowest BCUT2D eigenvalue weighted by molar-refractivity contribution is -0.144. The van der Waals surface area contributed by atoms with Gasteiger partial charge < -0.3 is 9.47 Å². The molecule has 1 amide bonds. The van der Waals surface area contributed by atoms with E-state index in [-0.39, 0.29) is 18.3 Å². The average Bonchev–Trinajstić information content (AvgIpc) is 3.05. The highest BCUT2D eigenvalue weighted by Crippen LogP contribution is 2.33. The third-order valence-corrected chi connectivity index (χ3v) is 6.19. The first-order chi connectivity index (χ1) is 15.5. The largest absolute Gasteiger partial charge is 0.489 e. The molecule has 0 aliphatic carbocycles. The van der Waals surface area contributed by atoms with Crippen molar-refractivity contribution in [1.29, 1.82) is 0 Å². The molecule has 0 bridgehead atoms. The normalized spacial score (nSPS) is 14.8. The van der Waals surface area contributed by atoms with Crippen LogP contribution in [-0.4, -0.2) is 34.2 Å². The first-order valence-electron chi connectivity index (χ1n) is 10.7. The van der Waals surface area contributed by atoms with Gasteiger partial charge in [-0.25, -0.2) is 0 Å². The van der Waals surface area contributed by atoms with Gasteiger partial charge in [0.15, 0.2) is 0 Å². The molecule has 0 unspecified atom stereocenters. The number of esters is 1. The van der Waals surface area contributed by atoms with E-state index in [1.54, 1.807) is 4.90 Å². The summed E-state index contributed by atoms with van der Waals surface area (Å²) in [5.74, 6) is 0.407. The van der Waals surface area contributed by atoms with Crippen LogP contribution in [0.3, 0.4) is 0 Å². The van der Waals surface area contributed by atoms with Gasteiger partial charge in [-0.2, -0.15) is 0 Å². The zero-order chi connectivity index (χ0) is 22.9. The predicted octanol–water partition coefficient (Wildman–Crippen LogP) is 5.51. The molecule has 1 heterocycles. The maximum absolute atomic E-state index is 12.7. The lowest BCUT2D eigenvalue weighted by atomic mass is 10.1. The number of rotatable bonds is 10. The van der Waals surface area contributed by atoms with Crippen molar-refractivity contribution in [1.82, 2.24) is 4.90 Å². The van der Waals surface area contributed by atoms with E-state index in [9.17, 15) is 9.59 Å². The van der Waals surface area contributed by atoms with Gasteiger partial charge in [0.25, 0.3) is 5.91 Å². The van der Waals surface area contributed by atoms with Gasteiger partial charge in [0.05, 0.1) is 11.5 Å². The SMILES string of the molecule is CCCOC(=O)CCCN1C(=O)/C(=C/c2ccc(OCc3ccc(C)cc3)cc2)SC1=S. The van der Waals surface area contributed by atoms with E-state index in [0.717, 1.165) is 23.3 Å². The molecule has 168 valence electrons. The van der Waals surface area contributed by atoms with Crippen LogP contribution in [0.1, 0.15) is 42.9 Å². The Morgan fingerprint density at radius 1 is 1.12 bits per heavy atom.